The van der Waals surface area contributed by atoms with Crippen LogP contribution >= 0.6 is 0 Å². The number of unbranched alkanes of at least 4 members (excludes halogenated alkanes) is 2. The molecule has 0 saturated heterocycles. The molecule has 0 saturated carbocycles. The third-order valence-electron chi connectivity index (χ3n) is 1.97. The minimum absolute atomic E-state index is 0. The van der Waals surface area contributed by atoms with E-state index >= 15 is 0 Å². The fourth-order valence-corrected chi connectivity index (χ4v) is 1.14. The van der Waals surface area contributed by atoms with Gasteiger partial charge in [0.2, 0.25) is 0 Å². The van der Waals surface area contributed by atoms with E-state index in [1.165, 1.54) is 32.2 Å². The zero-order valence-corrected chi connectivity index (χ0v) is 10.2. The van der Waals surface area contributed by atoms with Gasteiger partial charge >= 0.3 is 18.9 Å². The first-order valence-corrected chi connectivity index (χ1v) is 5.23. The topological polar surface area (TPSA) is 71.5 Å². The standard InChI is InChI=1S/C10H24N2.Li.H2N/c1-3-4-8-12-9-6-5-7-10(2)11;;/h10,12H,3-9,11H2,1-2H3;;1H2/q;+1;-1. The van der Waals surface area contributed by atoms with E-state index < -0.39 is 0 Å². The van der Waals surface area contributed by atoms with Crippen LogP contribution in [0.4, 0.5) is 0 Å². The SMILES string of the molecule is CCCCNCCCCC(C)N.[Li+].[NH2-]. The van der Waals surface area contributed by atoms with E-state index in [4.69, 9.17) is 5.73 Å². The van der Waals surface area contributed by atoms with Gasteiger partial charge in [0, 0.05) is 6.04 Å². The van der Waals surface area contributed by atoms with E-state index in [1.54, 1.807) is 0 Å². The van der Waals surface area contributed by atoms with Gasteiger partial charge in [0.1, 0.15) is 0 Å². The Morgan fingerprint density at radius 1 is 1.14 bits per heavy atom. The molecule has 0 aliphatic carbocycles. The van der Waals surface area contributed by atoms with Crippen molar-refractivity contribution in [2.45, 2.75) is 52.0 Å². The predicted octanol–water partition coefficient (Wildman–Crippen LogP) is -0.385. The van der Waals surface area contributed by atoms with E-state index in [0.29, 0.717) is 6.04 Å². The van der Waals surface area contributed by atoms with Crippen molar-refractivity contribution in [3.8, 4) is 0 Å². The first kappa shape index (κ1) is 20.0. The molecule has 0 aromatic rings. The summed E-state index contributed by atoms with van der Waals surface area (Å²) in [4.78, 5) is 0. The van der Waals surface area contributed by atoms with Crippen LogP contribution in [0.15, 0.2) is 0 Å². The first-order chi connectivity index (χ1) is 5.77. The molecule has 82 valence electrons. The summed E-state index contributed by atoms with van der Waals surface area (Å²) >= 11 is 0. The summed E-state index contributed by atoms with van der Waals surface area (Å²) in [6, 6.07) is 0.376. The predicted molar refractivity (Wildman–Crippen MR) is 60.6 cm³/mol. The summed E-state index contributed by atoms with van der Waals surface area (Å²) in [6.45, 7) is 6.63. The van der Waals surface area contributed by atoms with Crippen LogP contribution < -0.4 is 29.9 Å². The zero-order valence-electron chi connectivity index (χ0n) is 10.2. The molecule has 0 rings (SSSR count). The second-order valence-corrected chi connectivity index (χ2v) is 3.58. The Morgan fingerprint density at radius 2 is 1.71 bits per heavy atom. The number of nitrogens with one attached hydrogen (secondary N) is 1. The smallest absolute Gasteiger partial charge is 0.693 e. The molecule has 0 aromatic heterocycles. The summed E-state index contributed by atoms with van der Waals surface area (Å²) in [5, 5.41) is 3.42. The number of hydrogen-bond acceptors (Lipinski definition) is 2. The van der Waals surface area contributed by atoms with Gasteiger partial charge in [-0.05, 0) is 39.3 Å². The molecule has 0 heterocycles. The summed E-state index contributed by atoms with van der Waals surface area (Å²) in [5.41, 5.74) is 5.63. The maximum absolute atomic E-state index is 5.63. The molecular formula is C10H26LiN3. The van der Waals surface area contributed by atoms with Crippen molar-refractivity contribution < 1.29 is 18.9 Å². The van der Waals surface area contributed by atoms with Crippen LogP contribution in [0.3, 0.4) is 0 Å². The van der Waals surface area contributed by atoms with E-state index in [1.807, 2.05) is 0 Å². The molecule has 0 bridgehead atoms. The maximum Gasteiger partial charge on any atom is 1.00 e. The third kappa shape index (κ3) is 18.3. The number of hydrogen-bond donors (Lipinski definition) is 2. The van der Waals surface area contributed by atoms with Gasteiger partial charge in [-0.3, -0.25) is 0 Å². The van der Waals surface area contributed by atoms with Gasteiger partial charge in [0.05, 0.1) is 0 Å². The Bertz CT molecular complexity index is 89.4. The molecule has 0 fully saturated rings. The largest absolute Gasteiger partial charge is 1.00 e. The average molecular weight is 195 g/mol. The Labute approximate surface area is 101 Å². The Balaban J connectivity index is -0.000000605. The van der Waals surface area contributed by atoms with Crippen molar-refractivity contribution in [1.29, 1.82) is 0 Å². The van der Waals surface area contributed by atoms with E-state index in [2.05, 4.69) is 19.2 Å². The molecule has 0 aliphatic rings. The minimum atomic E-state index is 0. The van der Waals surface area contributed by atoms with Crippen LogP contribution in [0.25, 0.3) is 6.15 Å². The summed E-state index contributed by atoms with van der Waals surface area (Å²) < 4.78 is 0. The maximum atomic E-state index is 5.63. The molecule has 0 spiro atoms. The van der Waals surface area contributed by atoms with Crippen LogP contribution in [0, 0.1) is 0 Å². The molecule has 1 atom stereocenters. The van der Waals surface area contributed by atoms with Crippen LogP contribution in [0.5, 0.6) is 0 Å². The van der Waals surface area contributed by atoms with Crippen molar-refractivity contribution in [3.63, 3.8) is 0 Å². The monoisotopic (exact) mass is 195 g/mol. The molecule has 5 N–H and O–H groups in total. The van der Waals surface area contributed by atoms with E-state index in [9.17, 15) is 0 Å². The average Bonchev–Trinajstić information content (AvgIpc) is 2.02. The molecule has 3 nitrogen and oxygen atoms in total. The molecule has 0 aromatic carbocycles. The van der Waals surface area contributed by atoms with Gasteiger partial charge in [-0.25, -0.2) is 0 Å². The van der Waals surface area contributed by atoms with Crippen molar-refractivity contribution in [1.82, 2.24) is 5.32 Å². The van der Waals surface area contributed by atoms with Crippen LogP contribution in [-0.4, -0.2) is 19.1 Å². The third-order valence-corrected chi connectivity index (χ3v) is 1.97. The van der Waals surface area contributed by atoms with Crippen LogP contribution in [-0.2, 0) is 0 Å². The molecule has 0 aliphatic heterocycles. The summed E-state index contributed by atoms with van der Waals surface area (Å²) in [5.74, 6) is 0. The van der Waals surface area contributed by atoms with E-state index in [-0.39, 0.29) is 25.0 Å². The zero-order chi connectivity index (χ0) is 9.23. The second kappa shape index (κ2) is 15.9. The minimum Gasteiger partial charge on any atom is -0.693 e. The molecule has 0 amide bonds. The number of nitrogens with two attached hydrogens (primary N) is 2. The molecule has 1 unspecified atom stereocenters. The number of rotatable bonds is 8. The Kier molecular flexibility index (Phi) is 22.7. The fraction of sp³-hybridized carbons (Fsp3) is 1.00. The first-order valence-electron chi connectivity index (χ1n) is 5.23. The van der Waals surface area contributed by atoms with Crippen molar-refractivity contribution >= 4 is 0 Å². The molecule has 0 radical (unpaired) electrons. The second-order valence-electron chi connectivity index (χ2n) is 3.58. The van der Waals surface area contributed by atoms with Crippen molar-refractivity contribution in [2.75, 3.05) is 13.1 Å². The summed E-state index contributed by atoms with van der Waals surface area (Å²) in [7, 11) is 0. The van der Waals surface area contributed by atoms with Gasteiger partial charge in [0.25, 0.3) is 0 Å². The van der Waals surface area contributed by atoms with Gasteiger partial charge in [-0.1, -0.05) is 19.8 Å². The van der Waals surface area contributed by atoms with E-state index in [0.717, 1.165) is 13.0 Å². The molecule has 4 heteroatoms. The van der Waals surface area contributed by atoms with Crippen molar-refractivity contribution in [3.05, 3.63) is 6.15 Å². The quantitative estimate of drug-likeness (QED) is 0.409. The van der Waals surface area contributed by atoms with Crippen LogP contribution in [0.2, 0.25) is 0 Å². The van der Waals surface area contributed by atoms with Gasteiger partial charge in [-0.15, -0.1) is 0 Å². The molecule has 14 heavy (non-hydrogen) atoms. The Morgan fingerprint density at radius 3 is 2.21 bits per heavy atom. The normalized spacial score (nSPS) is 11.4. The summed E-state index contributed by atoms with van der Waals surface area (Å²) in [6.07, 6.45) is 6.28. The fourth-order valence-electron chi connectivity index (χ4n) is 1.14. The van der Waals surface area contributed by atoms with Gasteiger partial charge in [0.15, 0.2) is 0 Å². The van der Waals surface area contributed by atoms with Crippen LogP contribution in [0.1, 0.15) is 46.0 Å². The Hall–Kier alpha value is 0.477. The van der Waals surface area contributed by atoms with Crippen molar-refractivity contribution in [2.24, 2.45) is 5.73 Å². The van der Waals surface area contributed by atoms with Gasteiger partial charge < -0.3 is 17.2 Å². The molecular weight excluding hydrogens is 169 g/mol. The van der Waals surface area contributed by atoms with Gasteiger partial charge in [-0.2, -0.15) is 0 Å².